The molecule has 8 nitrogen and oxygen atoms in total. The van der Waals surface area contributed by atoms with E-state index >= 15 is 0 Å². The fourth-order valence-electron chi connectivity index (χ4n) is 3.50. The summed E-state index contributed by atoms with van der Waals surface area (Å²) < 4.78 is 27.7. The smallest absolute Gasteiger partial charge is 0.262 e. The van der Waals surface area contributed by atoms with E-state index < -0.39 is 0 Å². The SMILES string of the molecule is CCOc1cc(CNCc2cc(OC)c(OC)c(OC)c2)ccc1OCC(=O)Nc1ccccc1. The number of hydrogen-bond acceptors (Lipinski definition) is 7. The molecule has 0 saturated carbocycles. The van der Waals surface area contributed by atoms with Gasteiger partial charge in [0, 0.05) is 18.8 Å². The monoisotopic (exact) mass is 480 g/mol. The van der Waals surface area contributed by atoms with Gasteiger partial charge in [0.05, 0.1) is 27.9 Å². The number of hydrogen-bond donors (Lipinski definition) is 2. The zero-order chi connectivity index (χ0) is 25.0. The van der Waals surface area contributed by atoms with Crippen LogP contribution in [-0.4, -0.2) is 40.5 Å². The van der Waals surface area contributed by atoms with Crippen LogP contribution in [0.3, 0.4) is 0 Å². The molecule has 3 rings (SSSR count). The van der Waals surface area contributed by atoms with Gasteiger partial charge in [0.2, 0.25) is 5.75 Å². The number of nitrogens with one attached hydrogen (secondary N) is 2. The van der Waals surface area contributed by atoms with Crippen LogP contribution in [0.2, 0.25) is 0 Å². The first-order chi connectivity index (χ1) is 17.1. The minimum absolute atomic E-state index is 0.117. The van der Waals surface area contributed by atoms with E-state index in [-0.39, 0.29) is 12.5 Å². The Morgan fingerprint density at radius 3 is 2.03 bits per heavy atom. The predicted octanol–water partition coefficient (Wildman–Crippen LogP) is 4.42. The van der Waals surface area contributed by atoms with Crippen LogP contribution in [0.15, 0.2) is 60.7 Å². The molecule has 3 aromatic carbocycles. The molecule has 2 N–H and O–H groups in total. The highest BCUT2D eigenvalue weighted by atomic mass is 16.5. The van der Waals surface area contributed by atoms with Gasteiger partial charge in [-0.2, -0.15) is 0 Å². The summed E-state index contributed by atoms with van der Waals surface area (Å²) in [5.41, 5.74) is 2.73. The molecule has 0 spiro atoms. The number of amides is 1. The Bertz CT molecular complexity index is 1080. The highest BCUT2D eigenvalue weighted by molar-refractivity contribution is 5.91. The second-order valence-corrected chi connectivity index (χ2v) is 7.55. The molecule has 186 valence electrons. The van der Waals surface area contributed by atoms with Crippen LogP contribution in [0.5, 0.6) is 28.7 Å². The van der Waals surface area contributed by atoms with Gasteiger partial charge >= 0.3 is 0 Å². The van der Waals surface area contributed by atoms with E-state index in [0.29, 0.717) is 48.4 Å². The molecule has 0 aliphatic heterocycles. The highest BCUT2D eigenvalue weighted by Crippen LogP contribution is 2.38. The lowest BCUT2D eigenvalue weighted by Crippen LogP contribution is -2.20. The lowest BCUT2D eigenvalue weighted by molar-refractivity contribution is -0.118. The highest BCUT2D eigenvalue weighted by Gasteiger charge is 2.13. The van der Waals surface area contributed by atoms with Crippen LogP contribution >= 0.6 is 0 Å². The summed E-state index contributed by atoms with van der Waals surface area (Å²) in [6, 6.07) is 18.8. The maximum Gasteiger partial charge on any atom is 0.262 e. The number of rotatable bonds is 13. The average Bonchev–Trinajstić information content (AvgIpc) is 2.88. The largest absolute Gasteiger partial charge is 0.493 e. The lowest BCUT2D eigenvalue weighted by Gasteiger charge is -2.15. The molecule has 3 aromatic rings. The molecule has 0 unspecified atom stereocenters. The van der Waals surface area contributed by atoms with Crippen molar-refractivity contribution in [2.45, 2.75) is 20.0 Å². The Morgan fingerprint density at radius 1 is 0.743 bits per heavy atom. The lowest BCUT2D eigenvalue weighted by atomic mass is 10.1. The van der Waals surface area contributed by atoms with E-state index in [1.807, 2.05) is 67.6 Å². The molecule has 35 heavy (non-hydrogen) atoms. The van der Waals surface area contributed by atoms with Crippen LogP contribution in [0.4, 0.5) is 5.69 Å². The maximum absolute atomic E-state index is 12.2. The molecule has 0 heterocycles. The molecule has 0 saturated heterocycles. The predicted molar refractivity (Wildman–Crippen MR) is 135 cm³/mol. The third-order valence-electron chi connectivity index (χ3n) is 5.11. The van der Waals surface area contributed by atoms with Gasteiger partial charge in [-0.25, -0.2) is 0 Å². The van der Waals surface area contributed by atoms with Crippen LogP contribution in [0.1, 0.15) is 18.1 Å². The van der Waals surface area contributed by atoms with Gasteiger partial charge in [0.1, 0.15) is 0 Å². The zero-order valence-electron chi connectivity index (χ0n) is 20.6. The molecule has 0 aliphatic rings. The van der Waals surface area contributed by atoms with Gasteiger partial charge in [0.15, 0.2) is 29.6 Å². The van der Waals surface area contributed by atoms with Crippen LogP contribution in [-0.2, 0) is 17.9 Å². The molecule has 0 radical (unpaired) electrons. The topological polar surface area (TPSA) is 87.3 Å². The van der Waals surface area contributed by atoms with Gasteiger partial charge in [-0.05, 0) is 54.4 Å². The number of anilines is 1. The van der Waals surface area contributed by atoms with Crippen LogP contribution in [0, 0.1) is 0 Å². The van der Waals surface area contributed by atoms with Crippen molar-refractivity contribution in [2.24, 2.45) is 0 Å². The molecular weight excluding hydrogens is 448 g/mol. The van der Waals surface area contributed by atoms with Gasteiger partial charge in [-0.1, -0.05) is 24.3 Å². The zero-order valence-corrected chi connectivity index (χ0v) is 20.6. The first-order valence-corrected chi connectivity index (χ1v) is 11.3. The summed E-state index contributed by atoms with van der Waals surface area (Å²) in [4.78, 5) is 12.2. The Balaban J connectivity index is 1.60. The van der Waals surface area contributed by atoms with Crippen molar-refractivity contribution < 1.29 is 28.5 Å². The van der Waals surface area contributed by atoms with E-state index in [1.165, 1.54) is 0 Å². The van der Waals surface area contributed by atoms with Crippen molar-refractivity contribution in [2.75, 3.05) is 39.9 Å². The minimum Gasteiger partial charge on any atom is -0.493 e. The standard InChI is InChI=1S/C27H32N2O6/c1-5-34-23-13-19(11-12-22(23)35-18-26(30)29-21-9-7-6-8-10-21)16-28-17-20-14-24(31-2)27(33-4)25(15-20)32-3/h6-15,28H,5,16-18H2,1-4H3,(H,29,30). The Labute approximate surface area is 206 Å². The molecular formula is C27H32N2O6. The van der Waals surface area contributed by atoms with Gasteiger partial charge < -0.3 is 34.3 Å². The fourth-order valence-corrected chi connectivity index (χ4v) is 3.50. The summed E-state index contributed by atoms with van der Waals surface area (Å²) >= 11 is 0. The summed E-state index contributed by atoms with van der Waals surface area (Å²) in [7, 11) is 4.77. The van der Waals surface area contributed by atoms with Crippen molar-refractivity contribution in [1.82, 2.24) is 5.32 Å². The summed E-state index contributed by atoms with van der Waals surface area (Å²) in [5, 5.41) is 6.21. The number of carbonyl (C=O) groups is 1. The van der Waals surface area contributed by atoms with Gasteiger partial charge in [-0.3, -0.25) is 4.79 Å². The van der Waals surface area contributed by atoms with Crippen molar-refractivity contribution in [1.29, 1.82) is 0 Å². The number of carbonyl (C=O) groups excluding carboxylic acids is 1. The third-order valence-corrected chi connectivity index (χ3v) is 5.11. The summed E-state index contributed by atoms with van der Waals surface area (Å²) in [5.74, 6) is 2.65. The molecule has 0 aliphatic carbocycles. The second-order valence-electron chi connectivity index (χ2n) is 7.55. The Morgan fingerprint density at radius 2 is 1.40 bits per heavy atom. The third kappa shape index (κ3) is 7.28. The summed E-state index contributed by atoms with van der Waals surface area (Å²) in [6.45, 7) is 3.47. The number of methoxy groups -OCH3 is 3. The molecule has 0 bridgehead atoms. The Kier molecular flexibility index (Phi) is 9.62. The molecule has 0 atom stereocenters. The molecule has 0 fully saturated rings. The quantitative estimate of drug-likeness (QED) is 0.375. The normalized spacial score (nSPS) is 10.4. The van der Waals surface area contributed by atoms with Crippen molar-refractivity contribution in [3.8, 4) is 28.7 Å². The van der Waals surface area contributed by atoms with E-state index in [0.717, 1.165) is 16.8 Å². The first-order valence-electron chi connectivity index (χ1n) is 11.3. The minimum atomic E-state index is -0.241. The number of benzene rings is 3. The molecule has 0 aromatic heterocycles. The van der Waals surface area contributed by atoms with E-state index in [2.05, 4.69) is 10.6 Å². The average molecular weight is 481 g/mol. The summed E-state index contributed by atoms with van der Waals surface area (Å²) in [6.07, 6.45) is 0. The molecule has 8 heteroatoms. The molecule has 1 amide bonds. The van der Waals surface area contributed by atoms with Crippen LogP contribution < -0.4 is 34.3 Å². The fraction of sp³-hybridized carbons (Fsp3) is 0.296. The van der Waals surface area contributed by atoms with E-state index in [1.54, 1.807) is 21.3 Å². The van der Waals surface area contributed by atoms with Gasteiger partial charge in [-0.15, -0.1) is 0 Å². The maximum atomic E-state index is 12.2. The van der Waals surface area contributed by atoms with E-state index in [9.17, 15) is 4.79 Å². The Hall–Kier alpha value is -3.91. The van der Waals surface area contributed by atoms with E-state index in [4.69, 9.17) is 23.7 Å². The van der Waals surface area contributed by atoms with Gasteiger partial charge in [0.25, 0.3) is 5.91 Å². The van der Waals surface area contributed by atoms with Crippen LogP contribution in [0.25, 0.3) is 0 Å². The second kappa shape index (κ2) is 13.1. The van der Waals surface area contributed by atoms with Crippen molar-refractivity contribution in [3.05, 3.63) is 71.8 Å². The number of para-hydroxylation sites is 1. The van der Waals surface area contributed by atoms with Crippen molar-refractivity contribution >= 4 is 11.6 Å². The first kappa shape index (κ1) is 25.7. The number of ether oxygens (including phenoxy) is 5. The van der Waals surface area contributed by atoms with Crippen molar-refractivity contribution in [3.63, 3.8) is 0 Å².